The van der Waals surface area contributed by atoms with Crippen LogP contribution < -0.4 is 0 Å². The van der Waals surface area contributed by atoms with Crippen molar-refractivity contribution >= 4 is 17.9 Å². The number of hydrogen-bond donors (Lipinski definition) is 0. The van der Waals surface area contributed by atoms with E-state index in [1.807, 2.05) is 0 Å². The molecule has 1 atom stereocenters. The van der Waals surface area contributed by atoms with Crippen LogP contribution in [0.5, 0.6) is 0 Å². The van der Waals surface area contributed by atoms with E-state index in [1.165, 1.54) is 205 Å². The summed E-state index contributed by atoms with van der Waals surface area (Å²) in [5, 5.41) is 0. The molecule has 0 rings (SSSR count). The fourth-order valence-electron chi connectivity index (χ4n) is 9.93. The van der Waals surface area contributed by atoms with Gasteiger partial charge in [-0.2, -0.15) is 0 Å². The summed E-state index contributed by atoms with van der Waals surface area (Å²) in [5.74, 6) is -0.878. The lowest BCUT2D eigenvalue weighted by molar-refractivity contribution is -0.167. The van der Waals surface area contributed by atoms with Crippen LogP contribution in [0.3, 0.4) is 0 Å². The zero-order valence-corrected chi connectivity index (χ0v) is 53.1. The molecule has 0 saturated carbocycles. The SMILES string of the molecule is CC/C=C\C/C=C\C/C=C\C/C=C\CCCCCCCCCCCCCCCCCCCCC(=O)OCC(COC(=O)CCCCCCC/C=C\CCCCCC)OC(=O)CCCCCCCCC/C=C\C/C=C\CCCCCC. The molecule has 0 spiro atoms. The fraction of sp³-hybridized carbons (Fsp3) is 0.770. The Labute approximate surface area is 496 Å². The summed E-state index contributed by atoms with van der Waals surface area (Å²) in [6, 6.07) is 0. The first-order chi connectivity index (χ1) is 39.5. The van der Waals surface area contributed by atoms with Gasteiger partial charge in [0.1, 0.15) is 13.2 Å². The highest BCUT2D eigenvalue weighted by atomic mass is 16.6. The van der Waals surface area contributed by atoms with Crippen LogP contribution in [0, 0.1) is 0 Å². The molecule has 0 saturated heterocycles. The molecule has 1 unspecified atom stereocenters. The minimum Gasteiger partial charge on any atom is -0.462 e. The Balaban J connectivity index is 4.20. The number of ether oxygens (including phenoxy) is 3. The monoisotopic (exact) mass is 1110 g/mol. The molecule has 0 aliphatic heterocycles. The summed E-state index contributed by atoms with van der Waals surface area (Å²) < 4.78 is 16.9. The lowest BCUT2D eigenvalue weighted by Crippen LogP contribution is -2.30. The van der Waals surface area contributed by atoms with E-state index in [-0.39, 0.29) is 31.1 Å². The number of esters is 3. The Morgan fingerprint density at radius 3 is 0.775 bits per heavy atom. The molecule has 462 valence electrons. The van der Waals surface area contributed by atoms with Crippen molar-refractivity contribution in [2.45, 2.75) is 354 Å². The van der Waals surface area contributed by atoms with E-state index in [2.05, 4.69) is 106 Å². The van der Waals surface area contributed by atoms with Gasteiger partial charge in [-0.05, 0) is 116 Å². The van der Waals surface area contributed by atoms with Crippen LogP contribution in [0.1, 0.15) is 348 Å². The molecule has 0 bridgehead atoms. The summed E-state index contributed by atoms with van der Waals surface area (Å²) in [6.45, 7) is 6.52. The van der Waals surface area contributed by atoms with Crippen molar-refractivity contribution in [3.05, 3.63) is 85.1 Å². The van der Waals surface area contributed by atoms with Crippen LogP contribution >= 0.6 is 0 Å². The number of allylic oxidation sites excluding steroid dienone is 14. The number of carbonyl (C=O) groups is 3. The minimum absolute atomic E-state index is 0.0787. The first-order valence-corrected chi connectivity index (χ1v) is 34.6. The molecule has 0 aromatic heterocycles. The highest BCUT2D eigenvalue weighted by Crippen LogP contribution is 2.17. The Morgan fingerprint density at radius 2 is 0.487 bits per heavy atom. The van der Waals surface area contributed by atoms with Crippen molar-refractivity contribution in [3.8, 4) is 0 Å². The third-order valence-corrected chi connectivity index (χ3v) is 15.1. The molecule has 0 amide bonds. The van der Waals surface area contributed by atoms with Gasteiger partial charge in [0.05, 0.1) is 0 Å². The second-order valence-corrected chi connectivity index (χ2v) is 23.1. The van der Waals surface area contributed by atoms with E-state index in [0.29, 0.717) is 19.3 Å². The van der Waals surface area contributed by atoms with Crippen molar-refractivity contribution in [2.75, 3.05) is 13.2 Å². The van der Waals surface area contributed by atoms with Crippen molar-refractivity contribution in [2.24, 2.45) is 0 Å². The normalized spacial score (nSPS) is 12.6. The number of rotatable bonds is 63. The van der Waals surface area contributed by atoms with Crippen LogP contribution in [0.4, 0.5) is 0 Å². The van der Waals surface area contributed by atoms with Gasteiger partial charge in [0, 0.05) is 19.3 Å². The third-order valence-electron chi connectivity index (χ3n) is 15.1. The maximum absolute atomic E-state index is 12.9. The molecule has 0 N–H and O–H groups in total. The Morgan fingerprint density at radius 1 is 0.263 bits per heavy atom. The van der Waals surface area contributed by atoms with Crippen molar-refractivity contribution in [1.82, 2.24) is 0 Å². The third kappa shape index (κ3) is 65.4. The summed E-state index contributed by atoms with van der Waals surface area (Å²) in [4.78, 5) is 38.4. The van der Waals surface area contributed by atoms with Crippen molar-refractivity contribution < 1.29 is 28.6 Å². The number of unbranched alkanes of at least 4 members (excludes halogenated alkanes) is 38. The highest BCUT2D eigenvalue weighted by Gasteiger charge is 2.19. The van der Waals surface area contributed by atoms with Gasteiger partial charge in [-0.3, -0.25) is 14.4 Å². The minimum atomic E-state index is -0.783. The second-order valence-electron chi connectivity index (χ2n) is 23.1. The molecular weight excluding hydrogens is 985 g/mol. The lowest BCUT2D eigenvalue weighted by atomic mass is 10.0. The molecule has 0 aliphatic carbocycles. The topological polar surface area (TPSA) is 78.9 Å². The first kappa shape index (κ1) is 76.6. The molecule has 6 heteroatoms. The number of hydrogen-bond acceptors (Lipinski definition) is 6. The molecule has 0 aromatic carbocycles. The van der Waals surface area contributed by atoms with Gasteiger partial charge >= 0.3 is 17.9 Å². The van der Waals surface area contributed by atoms with E-state index in [0.717, 1.165) is 103 Å². The van der Waals surface area contributed by atoms with Gasteiger partial charge in [0.15, 0.2) is 6.10 Å². The largest absolute Gasteiger partial charge is 0.462 e. The van der Waals surface area contributed by atoms with Crippen LogP contribution in [0.15, 0.2) is 85.1 Å². The van der Waals surface area contributed by atoms with Crippen LogP contribution in [-0.2, 0) is 28.6 Å². The fourth-order valence-corrected chi connectivity index (χ4v) is 9.93. The molecule has 80 heavy (non-hydrogen) atoms. The maximum atomic E-state index is 12.9. The van der Waals surface area contributed by atoms with Gasteiger partial charge in [-0.15, -0.1) is 0 Å². The molecular formula is C74H130O6. The van der Waals surface area contributed by atoms with E-state index in [9.17, 15) is 14.4 Å². The molecule has 6 nitrogen and oxygen atoms in total. The Hall–Kier alpha value is -3.41. The average Bonchev–Trinajstić information content (AvgIpc) is 3.46. The summed E-state index contributed by atoms with van der Waals surface area (Å²) in [6.07, 6.45) is 90.4. The van der Waals surface area contributed by atoms with Crippen LogP contribution in [0.2, 0.25) is 0 Å². The maximum Gasteiger partial charge on any atom is 0.306 e. The van der Waals surface area contributed by atoms with Gasteiger partial charge in [-0.25, -0.2) is 0 Å². The second kappa shape index (κ2) is 68.1. The van der Waals surface area contributed by atoms with Crippen LogP contribution in [-0.4, -0.2) is 37.2 Å². The first-order valence-electron chi connectivity index (χ1n) is 34.6. The predicted molar refractivity (Wildman–Crippen MR) is 348 cm³/mol. The molecule has 0 radical (unpaired) electrons. The van der Waals surface area contributed by atoms with E-state index >= 15 is 0 Å². The van der Waals surface area contributed by atoms with E-state index < -0.39 is 6.10 Å². The summed E-state index contributed by atoms with van der Waals surface area (Å²) in [7, 11) is 0. The zero-order chi connectivity index (χ0) is 57.8. The van der Waals surface area contributed by atoms with Crippen molar-refractivity contribution in [1.29, 1.82) is 0 Å². The molecule has 0 aliphatic rings. The highest BCUT2D eigenvalue weighted by molar-refractivity contribution is 5.71. The quantitative estimate of drug-likeness (QED) is 0.0261. The zero-order valence-electron chi connectivity index (χ0n) is 53.1. The van der Waals surface area contributed by atoms with Crippen LogP contribution in [0.25, 0.3) is 0 Å². The smallest absolute Gasteiger partial charge is 0.306 e. The van der Waals surface area contributed by atoms with Gasteiger partial charge in [0.2, 0.25) is 0 Å². The van der Waals surface area contributed by atoms with Gasteiger partial charge < -0.3 is 14.2 Å². The average molecular weight is 1120 g/mol. The Bertz CT molecular complexity index is 1520. The van der Waals surface area contributed by atoms with E-state index in [1.54, 1.807) is 0 Å². The number of carbonyl (C=O) groups excluding carboxylic acids is 3. The van der Waals surface area contributed by atoms with Crippen molar-refractivity contribution in [3.63, 3.8) is 0 Å². The Kier molecular flexibility index (Phi) is 65.2. The van der Waals surface area contributed by atoms with Gasteiger partial charge in [0.25, 0.3) is 0 Å². The van der Waals surface area contributed by atoms with E-state index in [4.69, 9.17) is 14.2 Å². The lowest BCUT2D eigenvalue weighted by Gasteiger charge is -2.18. The van der Waals surface area contributed by atoms with Gasteiger partial charge in [-0.1, -0.05) is 298 Å². The standard InChI is InChI=1S/C74H130O6/c1-4-7-10-13-16-19-22-25-27-29-31-32-33-34-35-36-37-38-39-40-41-42-43-45-46-49-52-55-58-61-64-67-73(76)79-70-71(69-78-72(75)66-63-60-57-54-51-48-24-21-18-15-12-9-6-3)80-74(77)68-65-62-59-56-53-50-47-44-30-28-26-23-20-17-14-11-8-5-2/h7,10,16,19-21,23-25,27-28,30-32,71H,4-6,8-9,11-15,17-18,22,26,29,33-70H2,1-3H3/b10-7-,19-16-,23-20-,24-21-,27-25-,30-28-,32-31-. The molecule has 0 aromatic rings. The molecule has 0 heterocycles. The molecule has 0 fully saturated rings. The summed E-state index contributed by atoms with van der Waals surface area (Å²) >= 11 is 0. The predicted octanol–water partition coefficient (Wildman–Crippen LogP) is 23.8. The summed E-state index contributed by atoms with van der Waals surface area (Å²) in [5.41, 5.74) is 0.